The maximum absolute atomic E-state index is 4.28. The van der Waals surface area contributed by atoms with Gasteiger partial charge in [-0.15, -0.1) is 11.3 Å². The molecule has 1 fully saturated rings. The van der Waals surface area contributed by atoms with Gasteiger partial charge in [0, 0.05) is 6.54 Å². The van der Waals surface area contributed by atoms with Crippen molar-refractivity contribution >= 4 is 33.9 Å². The zero-order chi connectivity index (χ0) is 8.39. The summed E-state index contributed by atoms with van der Waals surface area (Å²) in [7, 11) is 0. The highest BCUT2D eigenvalue weighted by atomic mass is 127. The summed E-state index contributed by atoms with van der Waals surface area (Å²) >= 11 is 4.08. The average molecular weight is 294 g/mol. The fraction of sp³-hybridized carbons (Fsp3) is 0.625. The highest BCUT2D eigenvalue weighted by molar-refractivity contribution is 14.1. The normalized spacial score (nSPS) is 16.8. The number of nitrogens with one attached hydrogen (secondary N) is 1. The van der Waals surface area contributed by atoms with E-state index in [1.807, 2.05) is 6.20 Å². The van der Waals surface area contributed by atoms with Gasteiger partial charge in [-0.1, -0.05) is 0 Å². The molecular weight excluding hydrogens is 283 g/mol. The minimum Gasteiger partial charge on any atom is -0.310 e. The van der Waals surface area contributed by atoms with E-state index < -0.39 is 0 Å². The third kappa shape index (κ3) is 2.67. The molecule has 0 spiro atoms. The van der Waals surface area contributed by atoms with Crippen molar-refractivity contribution in [1.82, 2.24) is 10.3 Å². The Labute approximate surface area is 89.9 Å². The molecule has 0 unspecified atom stereocenters. The van der Waals surface area contributed by atoms with E-state index in [1.165, 1.54) is 27.3 Å². The van der Waals surface area contributed by atoms with E-state index in [0.717, 1.165) is 12.5 Å². The Morgan fingerprint density at radius 2 is 2.50 bits per heavy atom. The molecule has 0 aromatic carbocycles. The van der Waals surface area contributed by atoms with Crippen LogP contribution in [-0.4, -0.2) is 11.5 Å². The van der Waals surface area contributed by atoms with Crippen LogP contribution in [-0.2, 0) is 6.54 Å². The molecule has 0 atom stereocenters. The third-order valence-corrected chi connectivity index (χ3v) is 3.66. The Balaban J connectivity index is 1.71. The summed E-state index contributed by atoms with van der Waals surface area (Å²) in [5, 5.41) is 4.63. The Bertz CT molecular complexity index is 257. The van der Waals surface area contributed by atoms with Crippen molar-refractivity contribution in [2.45, 2.75) is 19.4 Å². The lowest BCUT2D eigenvalue weighted by molar-refractivity contribution is 0.637. The Morgan fingerprint density at radius 3 is 3.08 bits per heavy atom. The van der Waals surface area contributed by atoms with Crippen LogP contribution in [0.15, 0.2) is 6.20 Å². The van der Waals surface area contributed by atoms with E-state index >= 15 is 0 Å². The number of hydrogen-bond acceptors (Lipinski definition) is 3. The molecule has 1 heterocycles. The van der Waals surface area contributed by atoms with Crippen LogP contribution >= 0.6 is 33.9 Å². The van der Waals surface area contributed by atoms with Crippen molar-refractivity contribution in [3.8, 4) is 0 Å². The van der Waals surface area contributed by atoms with Crippen molar-refractivity contribution in [2.75, 3.05) is 6.54 Å². The highest BCUT2D eigenvalue weighted by Gasteiger charge is 2.20. The van der Waals surface area contributed by atoms with Gasteiger partial charge in [0.1, 0.15) is 5.01 Å². The number of hydrogen-bond donors (Lipinski definition) is 1. The molecule has 0 radical (unpaired) electrons. The third-order valence-electron chi connectivity index (χ3n) is 1.93. The van der Waals surface area contributed by atoms with E-state index in [9.17, 15) is 0 Å². The summed E-state index contributed by atoms with van der Waals surface area (Å²) < 4.78 is 1.27. The number of halogens is 1. The molecular formula is C8H11IN2S. The summed E-state index contributed by atoms with van der Waals surface area (Å²) in [6, 6.07) is 0. The van der Waals surface area contributed by atoms with Crippen LogP contribution in [0.25, 0.3) is 0 Å². The van der Waals surface area contributed by atoms with Gasteiger partial charge in [-0.25, -0.2) is 4.98 Å². The standard InChI is InChI=1S/C8H11IN2S/c9-7-4-11-8(12-7)5-10-3-6-1-2-6/h4,6,10H,1-3,5H2. The molecule has 4 heteroatoms. The summed E-state index contributed by atoms with van der Waals surface area (Å²) in [6.45, 7) is 2.13. The van der Waals surface area contributed by atoms with E-state index in [1.54, 1.807) is 11.3 Å². The van der Waals surface area contributed by atoms with Crippen LogP contribution in [0.4, 0.5) is 0 Å². The SMILES string of the molecule is Ic1cnc(CNCC2CC2)s1. The second-order valence-corrected chi connectivity index (χ2v) is 6.14. The van der Waals surface area contributed by atoms with E-state index in [0.29, 0.717) is 0 Å². The monoisotopic (exact) mass is 294 g/mol. The van der Waals surface area contributed by atoms with Crippen LogP contribution in [0.1, 0.15) is 17.8 Å². The smallest absolute Gasteiger partial charge is 0.107 e. The highest BCUT2D eigenvalue weighted by Crippen LogP contribution is 2.27. The molecule has 66 valence electrons. The first-order chi connectivity index (χ1) is 5.84. The fourth-order valence-corrected chi connectivity index (χ4v) is 2.59. The molecule has 2 rings (SSSR count). The minimum absolute atomic E-state index is 0.949. The zero-order valence-electron chi connectivity index (χ0n) is 6.72. The van der Waals surface area contributed by atoms with E-state index in [-0.39, 0.29) is 0 Å². The van der Waals surface area contributed by atoms with E-state index in [2.05, 4.69) is 32.9 Å². The molecule has 1 aromatic rings. The lowest BCUT2D eigenvalue weighted by Gasteiger charge is -1.98. The molecule has 0 aliphatic heterocycles. The summed E-state index contributed by atoms with van der Waals surface area (Å²) in [6.07, 6.45) is 4.77. The van der Waals surface area contributed by atoms with Crippen LogP contribution in [0.5, 0.6) is 0 Å². The lowest BCUT2D eigenvalue weighted by atomic mass is 10.4. The lowest BCUT2D eigenvalue weighted by Crippen LogP contribution is -2.15. The molecule has 1 N–H and O–H groups in total. The van der Waals surface area contributed by atoms with Crippen LogP contribution in [0.2, 0.25) is 0 Å². The van der Waals surface area contributed by atoms with Crippen molar-refractivity contribution in [3.05, 3.63) is 14.1 Å². The van der Waals surface area contributed by atoms with Crippen LogP contribution in [0.3, 0.4) is 0 Å². The molecule has 0 saturated heterocycles. The summed E-state index contributed by atoms with van der Waals surface area (Å²) in [4.78, 5) is 4.28. The van der Waals surface area contributed by atoms with E-state index in [4.69, 9.17) is 0 Å². The summed E-state index contributed by atoms with van der Waals surface area (Å²) in [5.74, 6) is 0.962. The number of aromatic nitrogens is 1. The number of rotatable bonds is 4. The molecule has 12 heavy (non-hydrogen) atoms. The van der Waals surface area contributed by atoms with Gasteiger partial charge in [-0.05, 0) is 47.9 Å². The molecule has 1 aliphatic rings. The number of thiazole rings is 1. The van der Waals surface area contributed by atoms with Gasteiger partial charge in [-0.3, -0.25) is 0 Å². The zero-order valence-corrected chi connectivity index (χ0v) is 9.69. The first-order valence-corrected chi connectivity index (χ1v) is 6.05. The minimum atomic E-state index is 0.949. The van der Waals surface area contributed by atoms with Crippen molar-refractivity contribution in [3.63, 3.8) is 0 Å². The molecule has 0 amide bonds. The van der Waals surface area contributed by atoms with Crippen LogP contribution in [0, 0.1) is 8.80 Å². The quantitative estimate of drug-likeness (QED) is 0.862. The molecule has 1 aromatic heterocycles. The predicted octanol–water partition coefficient (Wildman–Crippen LogP) is 2.25. The van der Waals surface area contributed by atoms with Crippen LogP contribution < -0.4 is 5.32 Å². The maximum Gasteiger partial charge on any atom is 0.107 e. The molecule has 0 bridgehead atoms. The van der Waals surface area contributed by atoms with Gasteiger partial charge < -0.3 is 5.32 Å². The van der Waals surface area contributed by atoms with Gasteiger partial charge in [0.2, 0.25) is 0 Å². The average Bonchev–Trinajstić information content (AvgIpc) is 2.76. The molecule has 1 saturated carbocycles. The second-order valence-electron chi connectivity index (χ2n) is 3.13. The topological polar surface area (TPSA) is 24.9 Å². The van der Waals surface area contributed by atoms with Gasteiger partial charge in [0.05, 0.1) is 9.08 Å². The van der Waals surface area contributed by atoms with Crippen molar-refractivity contribution in [1.29, 1.82) is 0 Å². The Hall–Kier alpha value is 0.320. The van der Waals surface area contributed by atoms with Gasteiger partial charge in [0.25, 0.3) is 0 Å². The fourth-order valence-electron chi connectivity index (χ4n) is 1.07. The molecule has 2 nitrogen and oxygen atoms in total. The maximum atomic E-state index is 4.28. The first kappa shape index (κ1) is 8.90. The van der Waals surface area contributed by atoms with Gasteiger partial charge in [0.15, 0.2) is 0 Å². The molecule has 1 aliphatic carbocycles. The largest absolute Gasteiger partial charge is 0.310 e. The van der Waals surface area contributed by atoms with Gasteiger partial charge >= 0.3 is 0 Å². The Kier molecular flexibility index (Phi) is 2.98. The first-order valence-electron chi connectivity index (χ1n) is 4.15. The summed E-state index contributed by atoms with van der Waals surface area (Å²) in [5.41, 5.74) is 0. The van der Waals surface area contributed by atoms with Crippen molar-refractivity contribution < 1.29 is 0 Å². The van der Waals surface area contributed by atoms with Crippen molar-refractivity contribution in [2.24, 2.45) is 5.92 Å². The Morgan fingerprint density at radius 1 is 1.67 bits per heavy atom. The van der Waals surface area contributed by atoms with Gasteiger partial charge in [-0.2, -0.15) is 0 Å². The predicted molar refractivity (Wildman–Crippen MR) is 59.3 cm³/mol. The number of nitrogens with zero attached hydrogens (tertiary/aromatic N) is 1. The second kappa shape index (κ2) is 4.02.